The highest BCUT2D eigenvalue weighted by molar-refractivity contribution is 7.99. The Morgan fingerprint density at radius 1 is 1.08 bits per heavy atom. The number of hydrogen-bond donors (Lipinski definition) is 1. The van der Waals surface area contributed by atoms with Crippen LogP contribution in [0.2, 0.25) is 0 Å². The van der Waals surface area contributed by atoms with Crippen LogP contribution in [0.15, 0.2) is 0 Å². The number of fused-ring (bicyclic) bond motifs is 1. The lowest BCUT2D eigenvalue weighted by molar-refractivity contribution is 0.209. The molecule has 0 aromatic carbocycles. The molecule has 2 fully saturated rings. The summed E-state index contributed by atoms with van der Waals surface area (Å²) in [6.07, 6.45) is 7.19. The third-order valence-electron chi connectivity index (χ3n) is 3.46. The molecule has 2 N–H and O–H groups in total. The van der Waals surface area contributed by atoms with E-state index in [2.05, 4.69) is 11.8 Å². The number of nitrogens with two attached hydrogens (primary N) is 1. The van der Waals surface area contributed by atoms with E-state index < -0.39 is 0 Å². The molecule has 0 spiro atoms. The maximum Gasteiger partial charge on any atom is 0.0161 e. The SMILES string of the molecule is NC1CSCCC2CCCCC12. The largest absolute Gasteiger partial charge is 0.327 e. The molecule has 0 aromatic heterocycles. The molecular formula is C10H19NS. The normalized spacial score (nSPS) is 43.2. The summed E-state index contributed by atoms with van der Waals surface area (Å²) in [5.74, 6) is 4.41. The minimum atomic E-state index is 0.503. The zero-order valence-electron chi connectivity index (χ0n) is 7.67. The van der Waals surface area contributed by atoms with Gasteiger partial charge in [-0.05, 0) is 30.4 Å². The quantitative estimate of drug-likeness (QED) is 0.626. The van der Waals surface area contributed by atoms with E-state index in [1.165, 1.54) is 43.6 Å². The maximum absolute atomic E-state index is 6.17. The van der Waals surface area contributed by atoms with Crippen molar-refractivity contribution in [3.63, 3.8) is 0 Å². The first-order chi connectivity index (χ1) is 5.88. The van der Waals surface area contributed by atoms with Crippen LogP contribution < -0.4 is 5.73 Å². The molecule has 0 aromatic rings. The zero-order valence-corrected chi connectivity index (χ0v) is 8.48. The highest BCUT2D eigenvalue weighted by atomic mass is 32.2. The summed E-state index contributed by atoms with van der Waals surface area (Å²) in [7, 11) is 0. The fourth-order valence-corrected chi connectivity index (χ4v) is 3.89. The predicted octanol–water partition coefficient (Wildman–Crippen LogP) is 2.26. The molecule has 1 heterocycles. The summed E-state index contributed by atoms with van der Waals surface area (Å²) in [6.45, 7) is 0. The van der Waals surface area contributed by atoms with E-state index in [-0.39, 0.29) is 0 Å². The van der Waals surface area contributed by atoms with Crippen molar-refractivity contribution in [3.05, 3.63) is 0 Å². The van der Waals surface area contributed by atoms with Crippen molar-refractivity contribution < 1.29 is 0 Å². The Kier molecular flexibility index (Phi) is 2.97. The Labute approximate surface area is 79.5 Å². The van der Waals surface area contributed by atoms with Gasteiger partial charge in [-0.3, -0.25) is 0 Å². The van der Waals surface area contributed by atoms with Gasteiger partial charge in [0.05, 0.1) is 0 Å². The summed E-state index contributed by atoms with van der Waals surface area (Å²) >= 11 is 2.06. The molecular weight excluding hydrogens is 166 g/mol. The van der Waals surface area contributed by atoms with Gasteiger partial charge >= 0.3 is 0 Å². The van der Waals surface area contributed by atoms with E-state index >= 15 is 0 Å². The fraction of sp³-hybridized carbons (Fsp3) is 1.00. The van der Waals surface area contributed by atoms with Crippen LogP contribution in [-0.4, -0.2) is 17.5 Å². The molecule has 0 radical (unpaired) electrons. The molecule has 1 saturated heterocycles. The second kappa shape index (κ2) is 4.01. The van der Waals surface area contributed by atoms with Crippen LogP contribution in [0, 0.1) is 11.8 Å². The van der Waals surface area contributed by atoms with E-state index in [9.17, 15) is 0 Å². The average Bonchev–Trinajstić information content (AvgIpc) is 2.29. The molecule has 1 saturated carbocycles. The summed E-state index contributed by atoms with van der Waals surface area (Å²) in [6, 6.07) is 0.503. The lowest BCUT2D eigenvalue weighted by Gasteiger charge is -2.33. The van der Waals surface area contributed by atoms with Gasteiger partial charge in [0.1, 0.15) is 0 Å². The molecule has 2 heteroatoms. The molecule has 3 unspecified atom stereocenters. The Hall–Kier alpha value is 0.310. The number of rotatable bonds is 0. The monoisotopic (exact) mass is 185 g/mol. The van der Waals surface area contributed by atoms with Crippen molar-refractivity contribution in [2.45, 2.75) is 38.1 Å². The summed E-state index contributed by atoms with van der Waals surface area (Å²) in [4.78, 5) is 0. The van der Waals surface area contributed by atoms with Gasteiger partial charge in [-0.15, -0.1) is 0 Å². The van der Waals surface area contributed by atoms with Crippen LogP contribution in [0.5, 0.6) is 0 Å². The topological polar surface area (TPSA) is 26.0 Å². The average molecular weight is 185 g/mol. The molecule has 3 atom stereocenters. The predicted molar refractivity (Wildman–Crippen MR) is 55.4 cm³/mol. The summed E-state index contributed by atoms with van der Waals surface area (Å²) in [5, 5.41) is 0. The molecule has 70 valence electrons. The lowest BCUT2D eigenvalue weighted by atomic mass is 9.75. The number of hydrogen-bond acceptors (Lipinski definition) is 2. The van der Waals surface area contributed by atoms with Crippen molar-refractivity contribution >= 4 is 11.8 Å². The van der Waals surface area contributed by atoms with Crippen molar-refractivity contribution in [2.75, 3.05) is 11.5 Å². The Balaban J connectivity index is 2.01. The molecule has 12 heavy (non-hydrogen) atoms. The van der Waals surface area contributed by atoms with Crippen LogP contribution in [-0.2, 0) is 0 Å². The standard InChI is InChI=1S/C10H19NS/c11-10-7-12-6-5-8-3-1-2-4-9(8)10/h8-10H,1-7,11H2. The first-order valence-corrected chi connectivity index (χ1v) is 6.37. The minimum absolute atomic E-state index is 0.503. The molecule has 1 aliphatic carbocycles. The van der Waals surface area contributed by atoms with Crippen LogP contribution in [0.25, 0.3) is 0 Å². The third-order valence-corrected chi connectivity index (χ3v) is 4.61. The van der Waals surface area contributed by atoms with Crippen LogP contribution in [0.1, 0.15) is 32.1 Å². The van der Waals surface area contributed by atoms with Crippen molar-refractivity contribution in [1.29, 1.82) is 0 Å². The van der Waals surface area contributed by atoms with E-state index in [4.69, 9.17) is 5.73 Å². The molecule has 2 aliphatic rings. The van der Waals surface area contributed by atoms with E-state index in [0.717, 1.165) is 11.8 Å². The summed E-state index contributed by atoms with van der Waals surface area (Å²) in [5.41, 5.74) is 6.17. The zero-order chi connectivity index (χ0) is 8.39. The molecule has 2 rings (SSSR count). The van der Waals surface area contributed by atoms with Gasteiger partial charge in [-0.25, -0.2) is 0 Å². The van der Waals surface area contributed by atoms with Crippen LogP contribution in [0.4, 0.5) is 0 Å². The second-order valence-corrected chi connectivity index (χ2v) is 5.39. The summed E-state index contributed by atoms with van der Waals surface area (Å²) < 4.78 is 0. The van der Waals surface area contributed by atoms with Crippen LogP contribution in [0.3, 0.4) is 0 Å². The number of thioether (sulfide) groups is 1. The van der Waals surface area contributed by atoms with Crippen molar-refractivity contribution in [2.24, 2.45) is 17.6 Å². The van der Waals surface area contributed by atoms with Gasteiger partial charge < -0.3 is 5.73 Å². The van der Waals surface area contributed by atoms with Gasteiger partial charge in [0.25, 0.3) is 0 Å². The van der Waals surface area contributed by atoms with Gasteiger partial charge in [0.2, 0.25) is 0 Å². The highest BCUT2D eigenvalue weighted by Gasteiger charge is 2.31. The minimum Gasteiger partial charge on any atom is -0.327 e. The maximum atomic E-state index is 6.17. The van der Waals surface area contributed by atoms with Crippen LogP contribution >= 0.6 is 11.8 Å². The third kappa shape index (κ3) is 1.80. The van der Waals surface area contributed by atoms with Gasteiger partial charge in [-0.1, -0.05) is 19.3 Å². The van der Waals surface area contributed by atoms with Gasteiger partial charge in [-0.2, -0.15) is 11.8 Å². The Bertz CT molecular complexity index is 149. The fourth-order valence-electron chi connectivity index (χ4n) is 2.74. The second-order valence-electron chi connectivity index (χ2n) is 4.24. The van der Waals surface area contributed by atoms with Crippen molar-refractivity contribution in [1.82, 2.24) is 0 Å². The molecule has 1 nitrogen and oxygen atoms in total. The molecule has 1 aliphatic heterocycles. The molecule has 0 amide bonds. The van der Waals surface area contributed by atoms with E-state index in [1.54, 1.807) is 0 Å². The Morgan fingerprint density at radius 2 is 1.92 bits per heavy atom. The highest BCUT2D eigenvalue weighted by Crippen LogP contribution is 2.37. The van der Waals surface area contributed by atoms with E-state index in [0.29, 0.717) is 6.04 Å². The Morgan fingerprint density at radius 3 is 2.83 bits per heavy atom. The van der Waals surface area contributed by atoms with Crippen molar-refractivity contribution in [3.8, 4) is 0 Å². The first kappa shape index (κ1) is 8.89. The van der Waals surface area contributed by atoms with Gasteiger partial charge in [0, 0.05) is 11.8 Å². The molecule has 0 bridgehead atoms. The lowest BCUT2D eigenvalue weighted by Crippen LogP contribution is -2.37. The smallest absolute Gasteiger partial charge is 0.0161 e. The first-order valence-electron chi connectivity index (χ1n) is 5.21. The van der Waals surface area contributed by atoms with E-state index in [1.807, 2.05) is 0 Å². The van der Waals surface area contributed by atoms with Gasteiger partial charge in [0.15, 0.2) is 0 Å².